The molecule has 4 nitrogen and oxygen atoms in total. The molecule has 0 radical (unpaired) electrons. The van der Waals surface area contributed by atoms with Crippen molar-refractivity contribution in [3.05, 3.63) is 41.5 Å². The van der Waals surface area contributed by atoms with E-state index in [9.17, 15) is 4.79 Å². The fraction of sp³-hybridized carbons (Fsp3) is 0.467. The van der Waals surface area contributed by atoms with Gasteiger partial charge in [0.25, 0.3) is 0 Å². The molecule has 0 fully saturated rings. The van der Waals surface area contributed by atoms with E-state index in [4.69, 9.17) is 0 Å². The van der Waals surface area contributed by atoms with E-state index in [1.165, 1.54) is 0 Å². The van der Waals surface area contributed by atoms with Crippen LogP contribution in [0.5, 0.6) is 0 Å². The van der Waals surface area contributed by atoms with Crippen molar-refractivity contribution >= 4 is 5.78 Å². The molecule has 0 aliphatic carbocycles. The number of aryl methyl sites for hydroxylation is 2. The highest BCUT2D eigenvalue weighted by Crippen LogP contribution is 2.10. The summed E-state index contributed by atoms with van der Waals surface area (Å²) in [6.07, 6.45) is 6.35. The summed E-state index contributed by atoms with van der Waals surface area (Å²) in [5, 5.41) is 4.43. The molecule has 0 amide bonds. The largest absolute Gasteiger partial charge is 0.348 e. The molecule has 0 aliphatic heterocycles. The van der Waals surface area contributed by atoms with Crippen LogP contribution >= 0.6 is 0 Å². The molecule has 2 aromatic rings. The lowest BCUT2D eigenvalue weighted by Crippen LogP contribution is -2.04. The minimum absolute atomic E-state index is 0.223. The highest BCUT2D eigenvalue weighted by molar-refractivity contribution is 5.95. The van der Waals surface area contributed by atoms with Crippen molar-refractivity contribution in [2.75, 3.05) is 0 Å². The van der Waals surface area contributed by atoms with Gasteiger partial charge in [0.15, 0.2) is 5.78 Å². The lowest BCUT2D eigenvalue weighted by atomic mass is 10.1. The summed E-state index contributed by atoms with van der Waals surface area (Å²) in [5.41, 5.74) is 3.06. The number of aromatic nitrogens is 3. The first-order chi connectivity index (χ1) is 9.13. The average molecular weight is 259 g/mol. The third-order valence-electron chi connectivity index (χ3n) is 3.28. The summed E-state index contributed by atoms with van der Waals surface area (Å²) in [4.78, 5) is 11.8. The van der Waals surface area contributed by atoms with Gasteiger partial charge >= 0.3 is 0 Å². The van der Waals surface area contributed by atoms with Crippen LogP contribution in [0.15, 0.2) is 24.5 Å². The van der Waals surface area contributed by atoms with Crippen LogP contribution < -0.4 is 0 Å². The van der Waals surface area contributed by atoms with Crippen molar-refractivity contribution in [2.24, 2.45) is 7.05 Å². The Balaban J connectivity index is 2.11. The first-order valence-corrected chi connectivity index (χ1v) is 6.84. The van der Waals surface area contributed by atoms with E-state index in [0.29, 0.717) is 6.42 Å². The van der Waals surface area contributed by atoms with Gasteiger partial charge in [-0.05, 0) is 25.0 Å². The van der Waals surface area contributed by atoms with Crippen molar-refractivity contribution in [1.82, 2.24) is 14.3 Å². The molecule has 4 heteroatoms. The molecule has 0 saturated carbocycles. The summed E-state index contributed by atoms with van der Waals surface area (Å²) in [6, 6.07) is 4.02. The average Bonchev–Trinajstić information content (AvgIpc) is 2.98. The van der Waals surface area contributed by atoms with Crippen molar-refractivity contribution < 1.29 is 4.79 Å². The van der Waals surface area contributed by atoms with Crippen molar-refractivity contribution in [2.45, 2.75) is 39.7 Å². The Bertz CT molecular complexity index is 566. The Morgan fingerprint density at radius 2 is 2.16 bits per heavy atom. The molecule has 0 bridgehead atoms. The number of hydrogen-bond donors (Lipinski definition) is 0. The van der Waals surface area contributed by atoms with Gasteiger partial charge in [-0.25, -0.2) is 0 Å². The maximum Gasteiger partial charge on any atom is 0.164 e. The molecule has 0 unspecified atom stereocenters. The molecule has 102 valence electrons. The number of ketones is 1. The van der Waals surface area contributed by atoms with Crippen LogP contribution in [0, 0.1) is 0 Å². The zero-order chi connectivity index (χ0) is 13.8. The summed E-state index contributed by atoms with van der Waals surface area (Å²) in [5.74, 6) is 0.223. The van der Waals surface area contributed by atoms with Gasteiger partial charge in [-0.15, -0.1) is 0 Å². The van der Waals surface area contributed by atoms with E-state index in [0.717, 1.165) is 36.3 Å². The zero-order valence-corrected chi connectivity index (χ0v) is 11.9. The van der Waals surface area contributed by atoms with Gasteiger partial charge in [-0.1, -0.05) is 13.8 Å². The first-order valence-electron chi connectivity index (χ1n) is 6.84. The standard InChI is InChI=1S/C15H21N3O/c1-4-6-15(19)12-7-8-18(10-12)11-14-9-13(5-2)16-17(14)3/h7-10H,4-6,11H2,1-3H3. The van der Waals surface area contributed by atoms with Crippen LogP contribution in [0.4, 0.5) is 0 Å². The van der Waals surface area contributed by atoms with E-state index in [2.05, 4.69) is 18.1 Å². The molecule has 0 aromatic carbocycles. The third kappa shape index (κ3) is 3.13. The number of rotatable bonds is 6. The molecule has 0 N–H and O–H groups in total. The maximum absolute atomic E-state index is 11.8. The van der Waals surface area contributed by atoms with Gasteiger partial charge in [0.2, 0.25) is 0 Å². The van der Waals surface area contributed by atoms with E-state index >= 15 is 0 Å². The van der Waals surface area contributed by atoms with Crippen molar-refractivity contribution in [3.63, 3.8) is 0 Å². The van der Waals surface area contributed by atoms with E-state index in [1.54, 1.807) is 0 Å². The van der Waals surface area contributed by atoms with Crippen LogP contribution in [-0.2, 0) is 20.0 Å². The normalized spacial score (nSPS) is 10.9. The van der Waals surface area contributed by atoms with E-state index < -0.39 is 0 Å². The third-order valence-corrected chi connectivity index (χ3v) is 3.28. The number of nitrogens with zero attached hydrogens (tertiary/aromatic N) is 3. The smallest absolute Gasteiger partial charge is 0.164 e. The van der Waals surface area contributed by atoms with Gasteiger partial charge in [0, 0.05) is 31.4 Å². The van der Waals surface area contributed by atoms with Crippen LogP contribution in [-0.4, -0.2) is 20.1 Å². The SMILES string of the molecule is CCCC(=O)c1ccn(Cc2cc(CC)nn2C)c1. The summed E-state index contributed by atoms with van der Waals surface area (Å²) in [7, 11) is 1.96. The van der Waals surface area contributed by atoms with Crippen LogP contribution in [0.3, 0.4) is 0 Å². The Morgan fingerprint density at radius 1 is 1.37 bits per heavy atom. The predicted octanol–water partition coefficient (Wildman–Crippen LogP) is 2.82. The van der Waals surface area contributed by atoms with Gasteiger partial charge in [0.05, 0.1) is 17.9 Å². The monoisotopic (exact) mass is 259 g/mol. The Kier molecular flexibility index (Phi) is 4.20. The second kappa shape index (κ2) is 5.87. The number of carbonyl (C=O) groups excluding carboxylic acids is 1. The molecule has 0 spiro atoms. The van der Waals surface area contributed by atoms with Crippen LogP contribution in [0.2, 0.25) is 0 Å². The maximum atomic E-state index is 11.8. The fourth-order valence-corrected chi connectivity index (χ4v) is 2.15. The van der Waals surface area contributed by atoms with Crippen LogP contribution in [0.1, 0.15) is 48.4 Å². The molecule has 19 heavy (non-hydrogen) atoms. The quantitative estimate of drug-likeness (QED) is 0.748. The zero-order valence-electron chi connectivity index (χ0n) is 11.9. The van der Waals surface area contributed by atoms with Gasteiger partial charge < -0.3 is 4.57 Å². The number of hydrogen-bond acceptors (Lipinski definition) is 2. The Labute approximate surface area is 114 Å². The van der Waals surface area contributed by atoms with Gasteiger partial charge in [0.1, 0.15) is 0 Å². The second-order valence-electron chi connectivity index (χ2n) is 4.85. The molecule has 0 aliphatic rings. The van der Waals surface area contributed by atoms with Crippen molar-refractivity contribution in [3.8, 4) is 0 Å². The number of carbonyl (C=O) groups is 1. The predicted molar refractivity (Wildman–Crippen MR) is 75.4 cm³/mol. The summed E-state index contributed by atoms with van der Waals surface area (Å²) in [6.45, 7) is 4.88. The highest BCUT2D eigenvalue weighted by Gasteiger charge is 2.08. The topological polar surface area (TPSA) is 39.8 Å². The Morgan fingerprint density at radius 3 is 2.79 bits per heavy atom. The summed E-state index contributed by atoms with van der Waals surface area (Å²) < 4.78 is 3.95. The van der Waals surface area contributed by atoms with Crippen LogP contribution in [0.25, 0.3) is 0 Å². The molecular formula is C15H21N3O. The minimum atomic E-state index is 0.223. The minimum Gasteiger partial charge on any atom is -0.348 e. The summed E-state index contributed by atoms with van der Waals surface area (Å²) >= 11 is 0. The lowest BCUT2D eigenvalue weighted by Gasteiger charge is -2.03. The Hall–Kier alpha value is -1.84. The second-order valence-corrected chi connectivity index (χ2v) is 4.85. The van der Waals surface area contributed by atoms with Gasteiger partial charge in [-0.3, -0.25) is 9.48 Å². The molecule has 2 heterocycles. The lowest BCUT2D eigenvalue weighted by molar-refractivity contribution is 0.0981. The number of Topliss-reactive ketones (excluding diaryl/α,β-unsaturated/α-hetero) is 1. The molecule has 2 aromatic heterocycles. The molecule has 0 saturated heterocycles. The van der Waals surface area contributed by atoms with E-state index in [1.807, 2.05) is 41.7 Å². The molecule has 0 atom stereocenters. The molecular weight excluding hydrogens is 238 g/mol. The fourth-order valence-electron chi connectivity index (χ4n) is 2.15. The highest BCUT2D eigenvalue weighted by atomic mass is 16.1. The van der Waals surface area contributed by atoms with Crippen molar-refractivity contribution in [1.29, 1.82) is 0 Å². The first kappa shape index (κ1) is 13.6. The van der Waals surface area contributed by atoms with Gasteiger partial charge in [-0.2, -0.15) is 5.10 Å². The van der Waals surface area contributed by atoms with E-state index in [-0.39, 0.29) is 5.78 Å². The molecule has 2 rings (SSSR count).